The van der Waals surface area contributed by atoms with Gasteiger partial charge >= 0.3 is 5.97 Å². The summed E-state index contributed by atoms with van der Waals surface area (Å²) in [6.45, 7) is 5.32. The standard InChI is InChI=1S/C7H8O2.C7H12O2/c1-5-3-4-7(9-5)6(2)8;1-3-4-5-6-7(8)9-2/h3-4H,1-2H3;4-5H,3,6H2,1-2H3. The smallest absolute Gasteiger partial charge is 0.309 e. The largest absolute Gasteiger partial charge is 0.469 e. The van der Waals surface area contributed by atoms with Crippen LogP contribution >= 0.6 is 0 Å². The van der Waals surface area contributed by atoms with Crippen LogP contribution in [0.15, 0.2) is 28.7 Å². The predicted molar refractivity (Wildman–Crippen MR) is 69.5 cm³/mol. The molecule has 0 aliphatic carbocycles. The van der Waals surface area contributed by atoms with Crippen molar-refractivity contribution in [3.63, 3.8) is 0 Å². The Labute approximate surface area is 108 Å². The summed E-state index contributed by atoms with van der Waals surface area (Å²) in [7, 11) is 1.39. The average Bonchev–Trinajstić information content (AvgIpc) is 2.77. The molecule has 100 valence electrons. The Hall–Kier alpha value is -1.84. The molecular formula is C14H20O4. The molecule has 1 aromatic heterocycles. The molecule has 0 N–H and O–H groups in total. The van der Waals surface area contributed by atoms with Crippen molar-refractivity contribution in [1.82, 2.24) is 0 Å². The van der Waals surface area contributed by atoms with Gasteiger partial charge in [0.1, 0.15) is 5.76 Å². The number of ketones is 1. The van der Waals surface area contributed by atoms with Crippen LogP contribution in [0.25, 0.3) is 0 Å². The summed E-state index contributed by atoms with van der Waals surface area (Å²) < 4.78 is 9.40. The molecule has 0 unspecified atom stereocenters. The van der Waals surface area contributed by atoms with E-state index >= 15 is 0 Å². The third kappa shape index (κ3) is 7.44. The first-order valence-corrected chi connectivity index (χ1v) is 5.80. The first-order valence-electron chi connectivity index (χ1n) is 5.80. The molecule has 4 heteroatoms. The van der Waals surface area contributed by atoms with Crippen LogP contribution < -0.4 is 0 Å². The van der Waals surface area contributed by atoms with Crippen LogP contribution in [0, 0.1) is 6.92 Å². The highest BCUT2D eigenvalue weighted by Crippen LogP contribution is 2.05. The van der Waals surface area contributed by atoms with Gasteiger partial charge < -0.3 is 9.15 Å². The number of methoxy groups -OCH3 is 1. The first-order chi connectivity index (χ1) is 8.51. The topological polar surface area (TPSA) is 56.5 Å². The molecule has 0 aliphatic rings. The van der Waals surface area contributed by atoms with E-state index in [4.69, 9.17) is 4.42 Å². The summed E-state index contributed by atoms with van der Waals surface area (Å²) in [5.74, 6) is 1.01. The van der Waals surface area contributed by atoms with Gasteiger partial charge in [0, 0.05) is 6.92 Å². The van der Waals surface area contributed by atoms with Crippen molar-refractivity contribution in [1.29, 1.82) is 0 Å². The van der Waals surface area contributed by atoms with Crippen molar-refractivity contribution in [3.8, 4) is 0 Å². The van der Waals surface area contributed by atoms with Gasteiger partial charge in [-0.25, -0.2) is 0 Å². The van der Waals surface area contributed by atoms with Crippen LogP contribution in [0.2, 0.25) is 0 Å². The lowest BCUT2D eigenvalue weighted by atomic mass is 10.3. The number of ether oxygens (including phenoxy) is 1. The number of rotatable bonds is 4. The molecule has 0 amide bonds. The molecule has 1 aromatic rings. The van der Waals surface area contributed by atoms with Gasteiger partial charge in [-0.05, 0) is 25.5 Å². The van der Waals surface area contributed by atoms with Crippen molar-refractivity contribution in [2.75, 3.05) is 7.11 Å². The van der Waals surface area contributed by atoms with Crippen molar-refractivity contribution in [2.24, 2.45) is 0 Å². The molecule has 0 saturated heterocycles. The van der Waals surface area contributed by atoms with E-state index in [1.54, 1.807) is 12.1 Å². The second-order valence-corrected chi connectivity index (χ2v) is 3.63. The van der Waals surface area contributed by atoms with Crippen molar-refractivity contribution in [3.05, 3.63) is 35.8 Å². The van der Waals surface area contributed by atoms with Gasteiger partial charge in [-0.3, -0.25) is 9.59 Å². The Morgan fingerprint density at radius 3 is 2.33 bits per heavy atom. The van der Waals surface area contributed by atoms with E-state index in [1.807, 2.05) is 26.0 Å². The lowest BCUT2D eigenvalue weighted by molar-refractivity contribution is -0.139. The zero-order valence-electron chi connectivity index (χ0n) is 11.4. The summed E-state index contributed by atoms with van der Waals surface area (Å²) in [5, 5.41) is 0. The van der Waals surface area contributed by atoms with Gasteiger partial charge in [0.25, 0.3) is 0 Å². The Balaban J connectivity index is 0.000000321. The van der Waals surface area contributed by atoms with Crippen molar-refractivity contribution < 1.29 is 18.7 Å². The summed E-state index contributed by atoms with van der Waals surface area (Å²) >= 11 is 0. The highest BCUT2D eigenvalue weighted by molar-refractivity contribution is 5.91. The summed E-state index contributed by atoms with van der Waals surface area (Å²) in [4.78, 5) is 21.0. The fourth-order valence-corrected chi connectivity index (χ4v) is 1.05. The quantitative estimate of drug-likeness (QED) is 0.468. The van der Waals surface area contributed by atoms with E-state index in [9.17, 15) is 9.59 Å². The molecular weight excluding hydrogens is 232 g/mol. The fourth-order valence-electron chi connectivity index (χ4n) is 1.05. The number of Topliss-reactive ketones (excluding diaryl/α,β-unsaturated/α-hetero) is 1. The van der Waals surface area contributed by atoms with Crippen LogP contribution in [0.3, 0.4) is 0 Å². The number of carbonyl (C=O) groups is 2. The molecule has 1 heterocycles. The van der Waals surface area contributed by atoms with E-state index < -0.39 is 0 Å². The van der Waals surface area contributed by atoms with Gasteiger partial charge in [-0.15, -0.1) is 0 Å². The molecule has 0 atom stereocenters. The normalized spacial score (nSPS) is 9.78. The SMILES string of the molecule is CC(=O)c1ccc(C)o1.CCC=CCC(=O)OC. The Bertz CT molecular complexity index is 402. The molecule has 1 rings (SSSR count). The van der Waals surface area contributed by atoms with Gasteiger partial charge in [-0.2, -0.15) is 0 Å². The lowest BCUT2D eigenvalue weighted by Gasteiger charge is -1.90. The van der Waals surface area contributed by atoms with Crippen LogP contribution in [-0.2, 0) is 9.53 Å². The van der Waals surface area contributed by atoms with E-state index in [-0.39, 0.29) is 11.8 Å². The molecule has 4 nitrogen and oxygen atoms in total. The zero-order chi connectivity index (χ0) is 14.0. The number of hydrogen-bond acceptors (Lipinski definition) is 4. The maximum Gasteiger partial charge on any atom is 0.309 e. The number of allylic oxidation sites excluding steroid dienone is 1. The number of hydrogen-bond donors (Lipinski definition) is 0. The zero-order valence-corrected chi connectivity index (χ0v) is 11.4. The maximum absolute atomic E-state index is 10.6. The number of carbonyl (C=O) groups excluding carboxylic acids is 2. The molecule has 0 radical (unpaired) electrons. The third-order valence-corrected chi connectivity index (χ3v) is 2.00. The van der Waals surface area contributed by atoms with Crippen LogP contribution in [-0.4, -0.2) is 18.9 Å². The van der Waals surface area contributed by atoms with Gasteiger partial charge in [-0.1, -0.05) is 19.1 Å². The van der Waals surface area contributed by atoms with Crippen LogP contribution in [0.1, 0.15) is 43.0 Å². The minimum absolute atomic E-state index is 0.0249. The summed E-state index contributed by atoms with van der Waals surface area (Å²) in [6, 6.07) is 3.45. The fraction of sp³-hybridized carbons (Fsp3) is 0.429. The average molecular weight is 252 g/mol. The number of aryl methyl sites for hydroxylation is 1. The number of furan rings is 1. The van der Waals surface area contributed by atoms with Gasteiger partial charge in [0.2, 0.25) is 0 Å². The van der Waals surface area contributed by atoms with Gasteiger partial charge in [0.15, 0.2) is 11.5 Å². The van der Waals surface area contributed by atoms with Crippen LogP contribution in [0.4, 0.5) is 0 Å². The second-order valence-electron chi connectivity index (χ2n) is 3.63. The van der Waals surface area contributed by atoms with Crippen molar-refractivity contribution >= 4 is 11.8 Å². The number of esters is 1. The summed E-state index contributed by atoms with van der Waals surface area (Å²) in [6.07, 6.45) is 5.12. The predicted octanol–water partition coefficient (Wildman–Crippen LogP) is 3.31. The lowest BCUT2D eigenvalue weighted by Crippen LogP contribution is -1.96. The van der Waals surface area contributed by atoms with Crippen molar-refractivity contribution in [2.45, 2.75) is 33.6 Å². The highest BCUT2D eigenvalue weighted by Gasteiger charge is 2.01. The minimum atomic E-state index is -0.181. The molecule has 0 aromatic carbocycles. The minimum Gasteiger partial charge on any atom is -0.469 e. The Morgan fingerprint density at radius 2 is 2.00 bits per heavy atom. The molecule has 18 heavy (non-hydrogen) atoms. The maximum atomic E-state index is 10.6. The Morgan fingerprint density at radius 1 is 1.33 bits per heavy atom. The van der Waals surface area contributed by atoms with E-state index in [0.29, 0.717) is 12.2 Å². The van der Waals surface area contributed by atoms with Gasteiger partial charge in [0.05, 0.1) is 13.5 Å². The third-order valence-electron chi connectivity index (χ3n) is 2.00. The van der Waals surface area contributed by atoms with E-state index in [2.05, 4.69) is 4.74 Å². The molecule has 0 saturated carbocycles. The van der Waals surface area contributed by atoms with Crippen LogP contribution in [0.5, 0.6) is 0 Å². The molecule has 0 aliphatic heterocycles. The molecule has 0 spiro atoms. The molecule has 0 fully saturated rings. The van der Waals surface area contributed by atoms with E-state index in [1.165, 1.54) is 14.0 Å². The Kier molecular flexibility index (Phi) is 8.27. The van der Waals surface area contributed by atoms with E-state index in [0.717, 1.165) is 12.2 Å². The molecule has 0 bridgehead atoms. The first kappa shape index (κ1) is 16.2. The summed E-state index contributed by atoms with van der Waals surface area (Å²) in [5.41, 5.74) is 0. The highest BCUT2D eigenvalue weighted by atomic mass is 16.5. The monoisotopic (exact) mass is 252 g/mol. The second kappa shape index (κ2) is 9.22.